The highest BCUT2D eigenvalue weighted by atomic mass is 16.5. The van der Waals surface area contributed by atoms with Crippen LogP contribution >= 0.6 is 0 Å². The van der Waals surface area contributed by atoms with E-state index in [9.17, 15) is 0 Å². The summed E-state index contributed by atoms with van der Waals surface area (Å²) in [6, 6.07) is 8.15. The molecule has 2 nitrogen and oxygen atoms in total. The van der Waals surface area contributed by atoms with Gasteiger partial charge in [-0.15, -0.1) is 0 Å². The van der Waals surface area contributed by atoms with Crippen LogP contribution in [0, 0.1) is 6.92 Å². The fraction of sp³-hybridized carbons (Fsp3) is 0.455. The fourth-order valence-corrected chi connectivity index (χ4v) is 0.956. The summed E-state index contributed by atoms with van der Waals surface area (Å²) in [5.74, 6) is 0.898. The van der Waals surface area contributed by atoms with E-state index in [1.165, 1.54) is 5.56 Å². The van der Waals surface area contributed by atoms with Gasteiger partial charge in [0, 0.05) is 6.04 Å². The average molecular weight is 179 g/mol. The molecule has 0 saturated carbocycles. The maximum absolute atomic E-state index is 5.73. The summed E-state index contributed by atoms with van der Waals surface area (Å²) in [5, 5.41) is 0. The average Bonchev–Trinajstić information content (AvgIpc) is 2.16. The molecule has 1 unspecified atom stereocenters. The van der Waals surface area contributed by atoms with Crippen molar-refractivity contribution in [2.24, 2.45) is 5.73 Å². The van der Waals surface area contributed by atoms with Crippen LogP contribution in [0.25, 0.3) is 0 Å². The fourth-order valence-electron chi connectivity index (χ4n) is 0.956. The molecule has 0 bridgehead atoms. The van der Waals surface area contributed by atoms with Crippen molar-refractivity contribution in [3.05, 3.63) is 29.8 Å². The number of rotatable bonds is 4. The lowest BCUT2D eigenvalue weighted by atomic mass is 10.2. The lowest BCUT2D eigenvalue weighted by Gasteiger charge is -2.10. The monoisotopic (exact) mass is 179 g/mol. The van der Waals surface area contributed by atoms with Crippen molar-refractivity contribution in [1.29, 1.82) is 0 Å². The Kier molecular flexibility index (Phi) is 3.77. The van der Waals surface area contributed by atoms with E-state index in [2.05, 4.69) is 13.8 Å². The van der Waals surface area contributed by atoms with Crippen molar-refractivity contribution in [1.82, 2.24) is 0 Å². The van der Waals surface area contributed by atoms with Gasteiger partial charge in [-0.05, 0) is 25.5 Å². The first-order valence-corrected chi connectivity index (χ1v) is 4.67. The van der Waals surface area contributed by atoms with Gasteiger partial charge in [-0.25, -0.2) is 0 Å². The molecule has 1 aromatic rings. The molecule has 2 heteroatoms. The molecule has 72 valence electrons. The lowest BCUT2D eigenvalue weighted by molar-refractivity contribution is 0.285. The maximum atomic E-state index is 5.73. The highest BCUT2D eigenvalue weighted by Crippen LogP contribution is 2.11. The first-order chi connectivity index (χ1) is 6.22. The smallest absolute Gasteiger partial charge is 0.119 e. The zero-order valence-electron chi connectivity index (χ0n) is 8.29. The number of benzene rings is 1. The van der Waals surface area contributed by atoms with Gasteiger partial charge in [0.25, 0.3) is 0 Å². The van der Waals surface area contributed by atoms with E-state index in [1.807, 2.05) is 24.3 Å². The largest absolute Gasteiger partial charge is 0.492 e. The summed E-state index contributed by atoms with van der Waals surface area (Å²) in [6.07, 6.45) is 0.950. The Morgan fingerprint density at radius 1 is 1.31 bits per heavy atom. The molecule has 0 aliphatic rings. The second kappa shape index (κ2) is 4.87. The number of nitrogens with two attached hydrogens (primary N) is 1. The Morgan fingerprint density at radius 2 is 1.92 bits per heavy atom. The molecule has 0 radical (unpaired) electrons. The zero-order chi connectivity index (χ0) is 9.68. The van der Waals surface area contributed by atoms with Gasteiger partial charge in [0.2, 0.25) is 0 Å². The molecule has 1 aromatic carbocycles. The Hall–Kier alpha value is -1.02. The highest BCUT2D eigenvalue weighted by Gasteiger charge is 1.99. The van der Waals surface area contributed by atoms with E-state index >= 15 is 0 Å². The van der Waals surface area contributed by atoms with Crippen molar-refractivity contribution in [2.45, 2.75) is 26.3 Å². The van der Waals surface area contributed by atoms with Crippen molar-refractivity contribution in [3.63, 3.8) is 0 Å². The van der Waals surface area contributed by atoms with E-state index in [4.69, 9.17) is 10.5 Å². The van der Waals surface area contributed by atoms with Gasteiger partial charge >= 0.3 is 0 Å². The van der Waals surface area contributed by atoms with Crippen molar-refractivity contribution < 1.29 is 4.74 Å². The molecule has 0 heterocycles. The van der Waals surface area contributed by atoms with Gasteiger partial charge in [0.1, 0.15) is 12.4 Å². The molecule has 0 aliphatic heterocycles. The summed E-state index contributed by atoms with van der Waals surface area (Å²) >= 11 is 0. The van der Waals surface area contributed by atoms with Crippen LogP contribution in [0.5, 0.6) is 5.75 Å². The molecular formula is C11H17NO. The van der Waals surface area contributed by atoms with Crippen molar-refractivity contribution >= 4 is 0 Å². The Bertz CT molecular complexity index is 243. The van der Waals surface area contributed by atoms with Crippen LogP contribution in [-0.4, -0.2) is 12.6 Å². The zero-order valence-corrected chi connectivity index (χ0v) is 8.29. The van der Waals surface area contributed by atoms with Crippen molar-refractivity contribution in [2.75, 3.05) is 6.61 Å². The Balaban J connectivity index is 2.41. The van der Waals surface area contributed by atoms with Crippen LogP contribution in [0.15, 0.2) is 24.3 Å². The van der Waals surface area contributed by atoms with Crippen LogP contribution in [0.3, 0.4) is 0 Å². The number of aryl methyl sites for hydroxylation is 1. The molecule has 0 spiro atoms. The number of hydrogen-bond acceptors (Lipinski definition) is 2. The summed E-state index contributed by atoms with van der Waals surface area (Å²) in [7, 11) is 0. The minimum absolute atomic E-state index is 0.140. The molecule has 2 N–H and O–H groups in total. The first-order valence-electron chi connectivity index (χ1n) is 4.67. The number of hydrogen-bond donors (Lipinski definition) is 1. The summed E-state index contributed by atoms with van der Waals surface area (Å²) < 4.78 is 5.49. The predicted molar refractivity (Wildman–Crippen MR) is 54.9 cm³/mol. The molecule has 0 fully saturated rings. The standard InChI is InChI=1S/C11H17NO/c1-3-10(12)8-13-11-6-4-9(2)5-7-11/h4-7,10H,3,8,12H2,1-2H3. The van der Waals surface area contributed by atoms with Gasteiger partial charge in [0.15, 0.2) is 0 Å². The third-order valence-electron chi connectivity index (χ3n) is 2.01. The van der Waals surface area contributed by atoms with Gasteiger partial charge < -0.3 is 10.5 Å². The molecule has 1 atom stereocenters. The predicted octanol–water partition coefficient (Wildman–Crippen LogP) is 2.11. The lowest BCUT2D eigenvalue weighted by Crippen LogP contribution is -2.26. The second-order valence-electron chi connectivity index (χ2n) is 3.29. The minimum Gasteiger partial charge on any atom is -0.492 e. The van der Waals surface area contributed by atoms with Crippen LogP contribution < -0.4 is 10.5 Å². The topological polar surface area (TPSA) is 35.2 Å². The van der Waals surface area contributed by atoms with Gasteiger partial charge in [-0.3, -0.25) is 0 Å². The molecule has 0 aromatic heterocycles. The maximum Gasteiger partial charge on any atom is 0.119 e. The molecular weight excluding hydrogens is 162 g/mol. The first kappa shape index (κ1) is 10.1. The van der Waals surface area contributed by atoms with Crippen LogP contribution in [0.4, 0.5) is 0 Å². The SMILES string of the molecule is CCC(N)COc1ccc(C)cc1. The van der Waals surface area contributed by atoms with Crippen LogP contribution in [0.1, 0.15) is 18.9 Å². The normalized spacial score (nSPS) is 12.5. The minimum atomic E-state index is 0.140. The molecule has 1 rings (SSSR count). The Labute approximate surface area is 79.7 Å². The summed E-state index contributed by atoms with van der Waals surface area (Å²) in [5.41, 5.74) is 6.97. The van der Waals surface area contributed by atoms with Crippen molar-refractivity contribution in [3.8, 4) is 5.75 Å². The van der Waals surface area contributed by atoms with E-state index in [0.29, 0.717) is 6.61 Å². The molecule has 0 aliphatic carbocycles. The van der Waals surface area contributed by atoms with Crippen LogP contribution in [-0.2, 0) is 0 Å². The molecule has 13 heavy (non-hydrogen) atoms. The van der Waals surface area contributed by atoms with E-state index in [0.717, 1.165) is 12.2 Å². The van der Waals surface area contributed by atoms with E-state index in [1.54, 1.807) is 0 Å². The quantitative estimate of drug-likeness (QED) is 0.768. The molecule has 0 amide bonds. The number of ether oxygens (including phenoxy) is 1. The second-order valence-corrected chi connectivity index (χ2v) is 3.29. The van der Waals surface area contributed by atoms with E-state index in [-0.39, 0.29) is 6.04 Å². The van der Waals surface area contributed by atoms with Gasteiger partial charge in [-0.1, -0.05) is 24.6 Å². The Morgan fingerprint density at radius 3 is 2.46 bits per heavy atom. The van der Waals surface area contributed by atoms with Gasteiger partial charge in [0.05, 0.1) is 0 Å². The van der Waals surface area contributed by atoms with Gasteiger partial charge in [-0.2, -0.15) is 0 Å². The third-order valence-corrected chi connectivity index (χ3v) is 2.01. The summed E-state index contributed by atoms with van der Waals surface area (Å²) in [4.78, 5) is 0. The highest BCUT2D eigenvalue weighted by molar-refractivity contribution is 5.26. The molecule has 0 saturated heterocycles. The summed E-state index contributed by atoms with van der Waals surface area (Å²) in [6.45, 7) is 4.71. The van der Waals surface area contributed by atoms with E-state index < -0.39 is 0 Å². The third kappa shape index (κ3) is 3.47. The van der Waals surface area contributed by atoms with Crippen LogP contribution in [0.2, 0.25) is 0 Å².